The maximum atomic E-state index is 11.6. The van der Waals surface area contributed by atoms with Crippen LogP contribution in [0.15, 0.2) is 0 Å². The predicted octanol–water partition coefficient (Wildman–Crippen LogP) is 0.0532. The number of nitrogens with two attached hydrogens (primary N) is 1. The summed E-state index contributed by atoms with van der Waals surface area (Å²) in [5, 5.41) is 2.64. The van der Waals surface area contributed by atoms with Crippen LogP contribution in [0.25, 0.3) is 0 Å². The molecule has 0 aliphatic rings. The van der Waals surface area contributed by atoms with Crippen molar-refractivity contribution in [2.75, 3.05) is 11.5 Å². The summed E-state index contributed by atoms with van der Waals surface area (Å²) < 4.78 is 23.2. The summed E-state index contributed by atoms with van der Waals surface area (Å²) in [4.78, 5) is 11.3. The predicted molar refractivity (Wildman–Crippen MR) is 64.8 cm³/mol. The Morgan fingerprint density at radius 1 is 1.38 bits per heavy atom. The topological polar surface area (TPSA) is 89.3 Å². The Morgan fingerprint density at radius 3 is 2.25 bits per heavy atom. The van der Waals surface area contributed by atoms with Gasteiger partial charge in [-0.3, -0.25) is 4.79 Å². The number of carbonyl (C=O) groups is 1. The summed E-state index contributed by atoms with van der Waals surface area (Å²) in [7, 11) is -3.26. The summed E-state index contributed by atoms with van der Waals surface area (Å²) >= 11 is 0. The van der Waals surface area contributed by atoms with E-state index in [2.05, 4.69) is 5.32 Å². The molecule has 5 nitrogen and oxygen atoms in total. The number of nitrogens with one attached hydrogen (secondary N) is 1. The highest BCUT2D eigenvalue weighted by molar-refractivity contribution is 7.91. The van der Waals surface area contributed by atoms with Crippen molar-refractivity contribution in [3.63, 3.8) is 0 Å². The SMILES string of the molecule is CC(C)NC(=O)CCS(=O)(=O)CC(C)(C)N. The molecule has 0 aromatic rings. The van der Waals surface area contributed by atoms with Gasteiger partial charge in [-0.2, -0.15) is 0 Å². The Kier molecular flexibility index (Phi) is 5.41. The lowest BCUT2D eigenvalue weighted by Crippen LogP contribution is -2.41. The van der Waals surface area contributed by atoms with Gasteiger partial charge in [0, 0.05) is 18.0 Å². The van der Waals surface area contributed by atoms with Crippen molar-refractivity contribution in [2.45, 2.75) is 45.7 Å². The van der Waals surface area contributed by atoms with Crippen LogP contribution in [0.5, 0.6) is 0 Å². The molecule has 0 aliphatic carbocycles. The first kappa shape index (κ1) is 15.4. The zero-order valence-electron chi connectivity index (χ0n) is 10.4. The molecular formula is C10H22N2O3S. The number of amides is 1. The maximum Gasteiger partial charge on any atom is 0.221 e. The highest BCUT2D eigenvalue weighted by atomic mass is 32.2. The molecular weight excluding hydrogens is 228 g/mol. The second-order valence-corrected chi connectivity index (χ2v) is 7.24. The van der Waals surface area contributed by atoms with E-state index in [1.54, 1.807) is 13.8 Å². The van der Waals surface area contributed by atoms with E-state index in [1.807, 2.05) is 13.8 Å². The number of rotatable bonds is 6. The van der Waals surface area contributed by atoms with E-state index in [0.29, 0.717) is 0 Å². The second-order valence-electron chi connectivity index (χ2n) is 5.05. The minimum atomic E-state index is -3.26. The second kappa shape index (κ2) is 5.63. The van der Waals surface area contributed by atoms with Crippen molar-refractivity contribution in [1.29, 1.82) is 0 Å². The van der Waals surface area contributed by atoms with Gasteiger partial charge < -0.3 is 11.1 Å². The number of carbonyl (C=O) groups excluding carboxylic acids is 1. The van der Waals surface area contributed by atoms with E-state index >= 15 is 0 Å². The van der Waals surface area contributed by atoms with Crippen LogP contribution in [-0.2, 0) is 14.6 Å². The van der Waals surface area contributed by atoms with Crippen molar-refractivity contribution >= 4 is 15.7 Å². The molecule has 16 heavy (non-hydrogen) atoms. The molecule has 6 heteroatoms. The third kappa shape index (κ3) is 8.67. The molecule has 96 valence electrons. The van der Waals surface area contributed by atoms with Crippen LogP contribution < -0.4 is 11.1 Å². The molecule has 0 aliphatic heterocycles. The van der Waals surface area contributed by atoms with E-state index in [9.17, 15) is 13.2 Å². The Labute approximate surface area is 97.7 Å². The van der Waals surface area contributed by atoms with Gasteiger partial charge in [-0.05, 0) is 27.7 Å². The van der Waals surface area contributed by atoms with Crippen molar-refractivity contribution in [3.8, 4) is 0 Å². The fraction of sp³-hybridized carbons (Fsp3) is 0.900. The monoisotopic (exact) mass is 250 g/mol. The normalized spacial score (nSPS) is 12.9. The van der Waals surface area contributed by atoms with E-state index in [0.717, 1.165) is 0 Å². The van der Waals surface area contributed by atoms with Crippen molar-refractivity contribution in [3.05, 3.63) is 0 Å². The third-order valence-electron chi connectivity index (χ3n) is 1.68. The molecule has 0 aromatic carbocycles. The van der Waals surface area contributed by atoms with Crippen LogP contribution in [0.1, 0.15) is 34.1 Å². The van der Waals surface area contributed by atoms with E-state index < -0.39 is 15.4 Å². The molecule has 0 unspecified atom stereocenters. The first-order valence-corrected chi connectivity index (χ1v) is 7.13. The van der Waals surface area contributed by atoms with Gasteiger partial charge in [-0.1, -0.05) is 0 Å². The van der Waals surface area contributed by atoms with Gasteiger partial charge in [0.25, 0.3) is 0 Å². The minimum Gasteiger partial charge on any atom is -0.354 e. The van der Waals surface area contributed by atoms with Crippen molar-refractivity contribution < 1.29 is 13.2 Å². The average molecular weight is 250 g/mol. The zero-order valence-corrected chi connectivity index (χ0v) is 11.2. The smallest absolute Gasteiger partial charge is 0.221 e. The lowest BCUT2D eigenvalue weighted by molar-refractivity contribution is -0.121. The average Bonchev–Trinajstić information content (AvgIpc) is 1.95. The third-order valence-corrected chi connectivity index (χ3v) is 3.69. The highest BCUT2D eigenvalue weighted by Gasteiger charge is 2.22. The molecule has 0 aromatic heterocycles. The molecule has 1 amide bonds. The van der Waals surface area contributed by atoms with Crippen LogP contribution in [0.3, 0.4) is 0 Å². The highest BCUT2D eigenvalue weighted by Crippen LogP contribution is 2.05. The molecule has 0 heterocycles. The fourth-order valence-corrected chi connectivity index (χ4v) is 3.06. The zero-order chi connectivity index (χ0) is 13.0. The Hall–Kier alpha value is -0.620. The fourth-order valence-electron chi connectivity index (χ4n) is 1.28. The number of sulfone groups is 1. The summed E-state index contributed by atoms with van der Waals surface area (Å²) in [5.74, 6) is -0.491. The van der Waals surface area contributed by atoms with Crippen LogP contribution in [0, 0.1) is 0 Å². The lowest BCUT2D eigenvalue weighted by atomic mass is 10.1. The maximum absolute atomic E-state index is 11.6. The van der Waals surface area contributed by atoms with Crippen molar-refractivity contribution in [1.82, 2.24) is 5.32 Å². The number of hydrogen-bond acceptors (Lipinski definition) is 4. The van der Waals surface area contributed by atoms with Gasteiger partial charge in [-0.25, -0.2) is 8.42 Å². The molecule has 0 spiro atoms. The van der Waals surface area contributed by atoms with Gasteiger partial charge in [0.05, 0.1) is 11.5 Å². The molecule has 0 saturated carbocycles. The Balaban J connectivity index is 4.15. The van der Waals surface area contributed by atoms with Crippen LogP contribution >= 0.6 is 0 Å². The van der Waals surface area contributed by atoms with Crippen molar-refractivity contribution in [2.24, 2.45) is 5.73 Å². The Morgan fingerprint density at radius 2 is 1.88 bits per heavy atom. The first-order valence-electron chi connectivity index (χ1n) is 5.30. The quantitative estimate of drug-likeness (QED) is 0.697. The molecule has 0 bridgehead atoms. The molecule has 0 radical (unpaired) electrons. The van der Waals surface area contributed by atoms with Gasteiger partial charge in [0.2, 0.25) is 5.91 Å². The molecule has 0 rings (SSSR count). The summed E-state index contributed by atoms with van der Waals surface area (Å²) in [5.41, 5.74) is 4.87. The summed E-state index contributed by atoms with van der Waals surface area (Å²) in [6, 6.07) is 0.0288. The minimum absolute atomic E-state index is 0.00338. The Bertz CT molecular complexity index is 328. The standard InChI is InChI=1S/C10H22N2O3S/c1-8(2)12-9(13)5-6-16(14,15)7-10(3,4)11/h8H,5-7,11H2,1-4H3,(H,12,13). The number of hydrogen-bond donors (Lipinski definition) is 2. The summed E-state index contributed by atoms with van der Waals surface area (Å²) in [6.45, 7) is 6.96. The van der Waals surface area contributed by atoms with Crippen LogP contribution in [-0.4, -0.2) is 37.4 Å². The molecule has 3 N–H and O–H groups in total. The van der Waals surface area contributed by atoms with Gasteiger partial charge in [0.1, 0.15) is 0 Å². The molecule has 0 saturated heterocycles. The molecule has 0 atom stereocenters. The van der Waals surface area contributed by atoms with E-state index in [-0.39, 0.29) is 29.9 Å². The van der Waals surface area contributed by atoms with E-state index in [1.165, 1.54) is 0 Å². The lowest BCUT2D eigenvalue weighted by Gasteiger charge is -2.18. The van der Waals surface area contributed by atoms with Gasteiger partial charge >= 0.3 is 0 Å². The molecule has 0 fully saturated rings. The largest absolute Gasteiger partial charge is 0.354 e. The first-order chi connectivity index (χ1) is 7.02. The van der Waals surface area contributed by atoms with Gasteiger partial charge in [0.15, 0.2) is 9.84 Å². The van der Waals surface area contributed by atoms with Crippen LogP contribution in [0.2, 0.25) is 0 Å². The summed E-state index contributed by atoms with van der Waals surface area (Å²) in [6.07, 6.45) is -0.00338. The van der Waals surface area contributed by atoms with E-state index in [4.69, 9.17) is 5.73 Å². The van der Waals surface area contributed by atoms with Gasteiger partial charge in [-0.15, -0.1) is 0 Å². The van der Waals surface area contributed by atoms with Crippen LogP contribution in [0.4, 0.5) is 0 Å².